The van der Waals surface area contributed by atoms with Gasteiger partial charge in [0.25, 0.3) is 0 Å². The summed E-state index contributed by atoms with van der Waals surface area (Å²) < 4.78 is 27.4. The molecule has 0 fully saturated rings. The Hall–Kier alpha value is -2.08. The van der Waals surface area contributed by atoms with Crippen molar-refractivity contribution in [3.05, 3.63) is 51.2 Å². The van der Waals surface area contributed by atoms with Gasteiger partial charge >= 0.3 is 0 Å². The number of ketones is 1. The Kier molecular flexibility index (Phi) is 4.76. The van der Waals surface area contributed by atoms with Crippen LogP contribution >= 0.6 is 11.3 Å². The lowest BCUT2D eigenvalue weighted by molar-refractivity contribution is -0.118. The molecule has 0 saturated carbocycles. The number of anilines is 1. The molecule has 126 valence electrons. The van der Waals surface area contributed by atoms with E-state index in [1.165, 1.54) is 22.3 Å². The topological polar surface area (TPSA) is 37.4 Å². The van der Waals surface area contributed by atoms with Gasteiger partial charge in [-0.1, -0.05) is 0 Å². The van der Waals surface area contributed by atoms with Crippen molar-refractivity contribution in [1.29, 1.82) is 0 Å². The lowest BCUT2D eigenvalue weighted by Crippen LogP contribution is -2.36. The SMILES string of the molecule is Cc1ccc(C(=O)CCC(=O)N2CCCc3c(F)cc(F)cc32)s1. The number of thiophene rings is 1. The Bertz CT molecular complexity index is 800. The summed E-state index contributed by atoms with van der Waals surface area (Å²) >= 11 is 1.40. The summed E-state index contributed by atoms with van der Waals surface area (Å²) in [6, 6.07) is 5.66. The Balaban J connectivity index is 1.72. The molecule has 1 aliphatic rings. The first kappa shape index (κ1) is 16.8. The predicted octanol–water partition coefficient (Wildman–Crippen LogP) is 4.28. The van der Waals surface area contributed by atoms with Gasteiger partial charge in [-0.25, -0.2) is 8.78 Å². The molecule has 1 amide bonds. The Morgan fingerprint density at radius 2 is 2.00 bits per heavy atom. The number of hydrogen-bond donors (Lipinski definition) is 0. The van der Waals surface area contributed by atoms with E-state index in [0.717, 1.165) is 10.9 Å². The van der Waals surface area contributed by atoms with Crippen molar-refractivity contribution in [2.45, 2.75) is 32.6 Å². The van der Waals surface area contributed by atoms with Crippen LogP contribution in [-0.2, 0) is 11.2 Å². The average molecular weight is 349 g/mol. The van der Waals surface area contributed by atoms with Crippen LogP contribution in [0.2, 0.25) is 0 Å². The smallest absolute Gasteiger partial charge is 0.227 e. The molecule has 6 heteroatoms. The van der Waals surface area contributed by atoms with Crippen molar-refractivity contribution in [3.8, 4) is 0 Å². The van der Waals surface area contributed by atoms with Gasteiger partial charge in [-0.15, -0.1) is 11.3 Å². The van der Waals surface area contributed by atoms with Crippen LogP contribution in [0.15, 0.2) is 24.3 Å². The van der Waals surface area contributed by atoms with Crippen molar-refractivity contribution in [1.82, 2.24) is 0 Å². The molecule has 1 aliphatic heterocycles. The fourth-order valence-electron chi connectivity index (χ4n) is 2.93. The number of nitrogens with zero attached hydrogens (tertiary/aromatic N) is 1. The van der Waals surface area contributed by atoms with Gasteiger partial charge in [0, 0.05) is 35.9 Å². The van der Waals surface area contributed by atoms with E-state index in [1.54, 1.807) is 6.07 Å². The summed E-state index contributed by atoms with van der Waals surface area (Å²) in [6.07, 6.45) is 1.24. The van der Waals surface area contributed by atoms with Gasteiger partial charge in [0.2, 0.25) is 5.91 Å². The van der Waals surface area contributed by atoms with Crippen molar-refractivity contribution < 1.29 is 18.4 Å². The molecule has 0 saturated heterocycles. The van der Waals surface area contributed by atoms with Crippen LogP contribution < -0.4 is 4.90 Å². The summed E-state index contributed by atoms with van der Waals surface area (Å²) in [5, 5.41) is 0. The molecule has 0 spiro atoms. The number of carbonyl (C=O) groups excluding carboxylic acids is 2. The molecule has 2 heterocycles. The zero-order valence-electron chi connectivity index (χ0n) is 13.3. The van der Waals surface area contributed by atoms with E-state index in [9.17, 15) is 18.4 Å². The van der Waals surface area contributed by atoms with E-state index in [1.807, 2.05) is 13.0 Å². The van der Waals surface area contributed by atoms with Crippen LogP contribution in [0.25, 0.3) is 0 Å². The summed E-state index contributed by atoms with van der Waals surface area (Å²) in [4.78, 5) is 27.7. The van der Waals surface area contributed by atoms with Crippen molar-refractivity contribution in [3.63, 3.8) is 0 Å². The molecule has 1 aromatic heterocycles. The number of amides is 1. The van der Waals surface area contributed by atoms with E-state index in [0.29, 0.717) is 35.5 Å². The van der Waals surface area contributed by atoms with Crippen LogP contribution in [0.4, 0.5) is 14.5 Å². The molecular formula is C18H17F2NO2S. The van der Waals surface area contributed by atoms with Gasteiger partial charge in [0.05, 0.1) is 10.6 Å². The molecule has 2 aromatic rings. The lowest BCUT2D eigenvalue weighted by atomic mass is 10.00. The second-order valence-corrected chi connectivity index (χ2v) is 7.16. The zero-order valence-corrected chi connectivity index (χ0v) is 14.1. The minimum absolute atomic E-state index is 0.0351. The molecule has 0 bridgehead atoms. The van der Waals surface area contributed by atoms with E-state index in [4.69, 9.17) is 0 Å². The number of halogens is 2. The first-order valence-electron chi connectivity index (χ1n) is 7.83. The number of fused-ring (bicyclic) bond motifs is 1. The normalized spacial score (nSPS) is 13.7. The van der Waals surface area contributed by atoms with Gasteiger partial charge in [-0.3, -0.25) is 9.59 Å². The van der Waals surface area contributed by atoms with Crippen molar-refractivity contribution in [2.24, 2.45) is 0 Å². The third-order valence-corrected chi connectivity index (χ3v) is 5.16. The van der Waals surface area contributed by atoms with Crippen LogP contribution in [0.3, 0.4) is 0 Å². The molecule has 0 radical (unpaired) electrons. The first-order chi connectivity index (χ1) is 11.5. The molecule has 3 nitrogen and oxygen atoms in total. The Morgan fingerprint density at radius 1 is 1.21 bits per heavy atom. The number of benzene rings is 1. The Labute approximate surface area is 142 Å². The summed E-state index contributed by atoms with van der Waals surface area (Å²) in [5.74, 6) is -1.67. The minimum atomic E-state index is -0.698. The lowest BCUT2D eigenvalue weighted by Gasteiger charge is -2.29. The van der Waals surface area contributed by atoms with Gasteiger partial charge in [-0.05, 0) is 38.0 Å². The molecule has 1 aromatic carbocycles. The second kappa shape index (κ2) is 6.81. The Morgan fingerprint density at radius 3 is 2.71 bits per heavy atom. The van der Waals surface area contributed by atoms with Crippen molar-refractivity contribution in [2.75, 3.05) is 11.4 Å². The van der Waals surface area contributed by atoms with Gasteiger partial charge in [0.15, 0.2) is 5.78 Å². The fraction of sp³-hybridized carbons (Fsp3) is 0.333. The minimum Gasteiger partial charge on any atom is -0.312 e. The fourth-order valence-corrected chi connectivity index (χ4v) is 3.77. The van der Waals surface area contributed by atoms with Gasteiger partial charge in [-0.2, -0.15) is 0 Å². The maximum Gasteiger partial charge on any atom is 0.227 e. The number of carbonyl (C=O) groups is 2. The van der Waals surface area contributed by atoms with Gasteiger partial charge in [0.1, 0.15) is 11.6 Å². The highest BCUT2D eigenvalue weighted by molar-refractivity contribution is 7.14. The molecule has 0 aliphatic carbocycles. The molecular weight excluding hydrogens is 332 g/mol. The number of aryl methyl sites for hydroxylation is 1. The second-order valence-electron chi connectivity index (χ2n) is 5.87. The predicted molar refractivity (Wildman–Crippen MR) is 89.7 cm³/mol. The maximum absolute atomic E-state index is 13.9. The summed E-state index contributed by atoms with van der Waals surface area (Å²) in [6.45, 7) is 2.33. The number of hydrogen-bond acceptors (Lipinski definition) is 3. The van der Waals surface area contributed by atoms with Gasteiger partial charge < -0.3 is 4.90 Å². The van der Waals surface area contributed by atoms with Crippen LogP contribution in [0.1, 0.15) is 39.4 Å². The summed E-state index contributed by atoms with van der Waals surface area (Å²) in [5.41, 5.74) is 0.666. The van der Waals surface area contributed by atoms with Crippen molar-refractivity contribution >= 4 is 28.7 Å². The van der Waals surface area contributed by atoms with Crippen LogP contribution in [0.5, 0.6) is 0 Å². The molecule has 0 atom stereocenters. The monoisotopic (exact) mass is 349 g/mol. The number of rotatable bonds is 4. The zero-order chi connectivity index (χ0) is 17.3. The molecule has 0 N–H and O–H groups in total. The van der Waals surface area contributed by atoms with E-state index < -0.39 is 11.6 Å². The number of Topliss-reactive ketones (excluding diaryl/α,β-unsaturated/α-hetero) is 1. The van der Waals surface area contributed by atoms with Crippen LogP contribution in [0, 0.1) is 18.6 Å². The molecule has 3 rings (SSSR count). The standard InChI is InChI=1S/C18H17F2NO2S/c1-11-4-6-17(24-11)16(22)5-7-18(23)21-8-2-3-13-14(20)9-12(19)10-15(13)21/h4,6,9-10H,2-3,5,7-8H2,1H3. The highest BCUT2D eigenvalue weighted by atomic mass is 32.1. The molecule has 0 unspecified atom stereocenters. The van der Waals surface area contributed by atoms with E-state index in [2.05, 4.69) is 0 Å². The van der Waals surface area contributed by atoms with Crippen LogP contribution in [-0.4, -0.2) is 18.2 Å². The summed E-state index contributed by atoms with van der Waals surface area (Å²) in [7, 11) is 0. The van der Waals surface area contributed by atoms with E-state index in [-0.39, 0.29) is 24.5 Å². The quantitative estimate of drug-likeness (QED) is 0.773. The third kappa shape index (κ3) is 3.38. The first-order valence-corrected chi connectivity index (χ1v) is 8.65. The molecule has 24 heavy (non-hydrogen) atoms. The highest BCUT2D eigenvalue weighted by Crippen LogP contribution is 2.31. The largest absolute Gasteiger partial charge is 0.312 e. The van der Waals surface area contributed by atoms with E-state index >= 15 is 0 Å². The average Bonchev–Trinajstić information content (AvgIpc) is 2.98. The maximum atomic E-state index is 13.9. The third-order valence-electron chi connectivity index (χ3n) is 4.12. The highest BCUT2D eigenvalue weighted by Gasteiger charge is 2.26.